The fourth-order valence-electron chi connectivity index (χ4n) is 2.92. The highest BCUT2D eigenvalue weighted by atomic mass is 35.5. The molecule has 0 unspecified atom stereocenters. The molecule has 1 fully saturated rings. The summed E-state index contributed by atoms with van der Waals surface area (Å²) in [4.78, 5) is 15.1. The fourth-order valence-corrected chi connectivity index (χ4v) is 3.22. The van der Waals surface area contributed by atoms with E-state index in [0.29, 0.717) is 54.2 Å². The summed E-state index contributed by atoms with van der Waals surface area (Å²) in [6.45, 7) is 3.00. The summed E-state index contributed by atoms with van der Waals surface area (Å²) in [5, 5.41) is 20.2. The van der Waals surface area contributed by atoms with E-state index in [1.54, 1.807) is 18.2 Å². The van der Waals surface area contributed by atoms with Gasteiger partial charge in [0.2, 0.25) is 11.6 Å². The zero-order valence-corrected chi connectivity index (χ0v) is 18.8. The van der Waals surface area contributed by atoms with Gasteiger partial charge in [0.15, 0.2) is 5.69 Å². The van der Waals surface area contributed by atoms with Crippen molar-refractivity contribution in [3.8, 4) is 5.82 Å². The summed E-state index contributed by atoms with van der Waals surface area (Å²) in [7, 11) is 0. The Morgan fingerprint density at radius 2 is 2.03 bits per heavy atom. The molecule has 2 aromatic heterocycles. The molecule has 0 aliphatic carbocycles. The minimum absolute atomic E-state index is 0. The minimum Gasteiger partial charge on any atom is -0.379 e. The van der Waals surface area contributed by atoms with Gasteiger partial charge in [0.05, 0.1) is 29.5 Å². The van der Waals surface area contributed by atoms with Crippen LogP contribution >= 0.6 is 35.6 Å². The van der Waals surface area contributed by atoms with E-state index in [1.807, 2.05) is 0 Å². The van der Waals surface area contributed by atoms with Crippen LogP contribution in [0.3, 0.4) is 0 Å². The highest BCUT2D eigenvalue weighted by Gasteiger charge is 2.26. The quantitative estimate of drug-likeness (QED) is 0.378. The topological polar surface area (TPSA) is 150 Å². The Hall–Kier alpha value is -2.77. The minimum atomic E-state index is -0.563. The number of hydrazone groups is 1. The lowest BCUT2D eigenvalue weighted by Gasteiger charge is -2.25. The Morgan fingerprint density at radius 3 is 2.72 bits per heavy atom. The number of aromatic nitrogens is 5. The number of hydrogen-bond acceptors (Lipinski definition) is 10. The van der Waals surface area contributed by atoms with Gasteiger partial charge in [-0.15, -0.1) is 17.5 Å². The molecule has 170 valence electrons. The molecule has 4 rings (SSSR count). The monoisotopic (exact) mass is 501 g/mol. The Labute approximate surface area is 198 Å². The van der Waals surface area contributed by atoms with Crippen LogP contribution < -0.4 is 11.2 Å². The molecule has 3 aromatic rings. The SMILES string of the molecule is Cl.Nc1nonc1-n1nnc(CN2CCOCC2)c1C(=O)N/N=C/c1ccc(Cl)c(Cl)c1. The Bertz CT molecular complexity index is 1110. The van der Waals surface area contributed by atoms with Crippen molar-refractivity contribution in [3.63, 3.8) is 0 Å². The third-order valence-electron chi connectivity index (χ3n) is 4.45. The highest BCUT2D eigenvalue weighted by Crippen LogP contribution is 2.22. The van der Waals surface area contributed by atoms with E-state index in [9.17, 15) is 4.79 Å². The van der Waals surface area contributed by atoms with E-state index >= 15 is 0 Å². The average molecular weight is 503 g/mol. The molecule has 1 aliphatic rings. The molecule has 1 saturated heterocycles. The summed E-state index contributed by atoms with van der Waals surface area (Å²) in [5.74, 6) is -0.539. The van der Waals surface area contributed by atoms with Crippen LogP contribution in [0.1, 0.15) is 21.7 Å². The number of morpholine rings is 1. The number of nitrogens with zero attached hydrogens (tertiary/aromatic N) is 7. The molecule has 3 heterocycles. The molecule has 1 aromatic carbocycles. The maximum Gasteiger partial charge on any atom is 0.292 e. The van der Waals surface area contributed by atoms with Crippen LogP contribution in [0.4, 0.5) is 5.82 Å². The summed E-state index contributed by atoms with van der Waals surface area (Å²) >= 11 is 11.9. The number of amides is 1. The van der Waals surface area contributed by atoms with Crippen LogP contribution in [0.2, 0.25) is 10.0 Å². The standard InChI is InChI=1S/C17H17Cl2N9O3.ClH/c18-11-2-1-10(7-12(11)19)8-21-23-17(29)14-13(9-27-3-5-30-6-4-27)22-26-28(14)16-15(20)24-31-25-16;/h1-2,7-8H,3-6,9H2,(H2,20,24)(H,23,29);1H/b21-8+;. The van der Waals surface area contributed by atoms with E-state index in [0.717, 1.165) is 0 Å². The second-order valence-corrected chi connectivity index (χ2v) is 7.35. The van der Waals surface area contributed by atoms with Crippen LogP contribution in [0.25, 0.3) is 5.82 Å². The number of ether oxygens (including phenoxy) is 1. The third-order valence-corrected chi connectivity index (χ3v) is 5.19. The molecule has 0 atom stereocenters. The lowest BCUT2D eigenvalue weighted by molar-refractivity contribution is 0.0335. The van der Waals surface area contributed by atoms with Gasteiger partial charge in [-0.1, -0.05) is 34.5 Å². The number of anilines is 1. The van der Waals surface area contributed by atoms with Crippen molar-refractivity contribution >= 4 is 53.5 Å². The molecule has 12 nitrogen and oxygen atoms in total. The van der Waals surface area contributed by atoms with Crippen molar-refractivity contribution in [3.05, 3.63) is 45.2 Å². The van der Waals surface area contributed by atoms with Gasteiger partial charge in [-0.25, -0.2) is 10.1 Å². The summed E-state index contributed by atoms with van der Waals surface area (Å²) < 4.78 is 11.2. The Balaban J connectivity index is 0.00000289. The zero-order chi connectivity index (χ0) is 21.8. The van der Waals surface area contributed by atoms with Crippen LogP contribution in [0.5, 0.6) is 0 Å². The van der Waals surface area contributed by atoms with Gasteiger partial charge in [0, 0.05) is 19.6 Å². The Kier molecular flexibility index (Phi) is 7.99. The van der Waals surface area contributed by atoms with Crippen molar-refractivity contribution in [1.29, 1.82) is 0 Å². The van der Waals surface area contributed by atoms with E-state index in [2.05, 4.69) is 40.7 Å². The normalized spacial score (nSPS) is 14.4. The summed E-state index contributed by atoms with van der Waals surface area (Å²) in [6, 6.07) is 4.96. The van der Waals surface area contributed by atoms with Crippen molar-refractivity contribution in [2.24, 2.45) is 5.10 Å². The van der Waals surface area contributed by atoms with Crippen molar-refractivity contribution in [2.75, 3.05) is 32.0 Å². The highest BCUT2D eigenvalue weighted by molar-refractivity contribution is 6.42. The average Bonchev–Trinajstić information content (AvgIpc) is 3.37. The first-order valence-electron chi connectivity index (χ1n) is 9.14. The first kappa shape index (κ1) is 23.9. The molecule has 1 aliphatic heterocycles. The van der Waals surface area contributed by atoms with Gasteiger partial charge in [-0.3, -0.25) is 9.69 Å². The zero-order valence-electron chi connectivity index (χ0n) is 16.4. The van der Waals surface area contributed by atoms with Crippen molar-refractivity contribution in [2.45, 2.75) is 6.54 Å². The van der Waals surface area contributed by atoms with Gasteiger partial charge in [0.25, 0.3) is 5.91 Å². The largest absolute Gasteiger partial charge is 0.379 e. The van der Waals surface area contributed by atoms with Crippen LogP contribution in [-0.2, 0) is 11.3 Å². The number of nitrogen functional groups attached to an aromatic ring is 1. The van der Waals surface area contributed by atoms with E-state index in [1.165, 1.54) is 10.9 Å². The van der Waals surface area contributed by atoms with Gasteiger partial charge in [0.1, 0.15) is 5.69 Å². The number of rotatable bonds is 6. The first-order valence-corrected chi connectivity index (χ1v) is 9.90. The molecule has 1 amide bonds. The smallest absolute Gasteiger partial charge is 0.292 e. The first-order chi connectivity index (χ1) is 15.0. The van der Waals surface area contributed by atoms with E-state index in [4.69, 9.17) is 33.7 Å². The number of halogens is 3. The van der Waals surface area contributed by atoms with E-state index < -0.39 is 5.91 Å². The van der Waals surface area contributed by atoms with E-state index in [-0.39, 0.29) is 29.7 Å². The number of nitrogens with one attached hydrogen (secondary N) is 1. The lowest BCUT2D eigenvalue weighted by atomic mass is 10.2. The molecule has 0 radical (unpaired) electrons. The molecular formula is C17H18Cl3N9O3. The number of benzene rings is 1. The predicted molar refractivity (Wildman–Crippen MR) is 118 cm³/mol. The third kappa shape index (κ3) is 5.34. The lowest BCUT2D eigenvalue weighted by Crippen LogP contribution is -2.36. The van der Waals surface area contributed by atoms with Gasteiger partial charge < -0.3 is 10.5 Å². The number of carbonyl (C=O) groups excluding carboxylic acids is 1. The van der Waals surface area contributed by atoms with Crippen LogP contribution in [0, 0.1) is 0 Å². The van der Waals surface area contributed by atoms with Crippen LogP contribution in [0.15, 0.2) is 27.9 Å². The van der Waals surface area contributed by atoms with Gasteiger partial charge in [-0.05, 0) is 28.0 Å². The number of carbonyl (C=O) groups is 1. The van der Waals surface area contributed by atoms with Crippen molar-refractivity contribution in [1.82, 2.24) is 35.6 Å². The second kappa shape index (κ2) is 10.7. The molecule has 0 spiro atoms. The maximum atomic E-state index is 13.0. The fraction of sp³-hybridized carbons (Fsp3) is 0.294. The van der Waals surface area contributed by atoms with Gasteiger partial charge in [-0.2, -0.15) is 9.78 Å². The summed E-state index contributed by atoms with van der Waals surface area (Å²) in [6.07, 6.45) is 1.43. The molecule has 3 N–H and O–H groups in total. The Morgan fingerprint density at radius 1 is 1.25 bits per heavy atom. The van der Waals surface area contributed by atoms with Crippen LogP contribution in [-0.4, -0.2) is 68.6 Å². The molecule has 0 saturated carbocycles. The molecule has 15 heteroatoms. The second-order valence-electron chi connectivity index (χ2n) is 6.53. The number of nitrogens with two attached hydrogens (primary N) is 1. The predicted octanol–water partition coefficient (Wildman–Crippen LogP) is 1.56. The number of hydrogen-bond donors (Lipinski definition) is 2. The maximum absolute atomic E-state index is 13.0. The molecule has 32 heavy (non-hydrogen) atoms. The molecular weight excluding hydrogens is 485 g/mol. The molecule has 0 bridgehead atoms. The van der Waals surface area contributed by atoms with Gasteiger partial charge >= 0.3 is 0 Å². The van der Waals surface area contributed by atoms with Crippen molar-refractivity contribution < 1.29 is 14.2 Å². The summed E-state index contributed by atoms with van der Waals surface area (Å²) in [5.41, 5.74) is 9.41.